The highest BCUT2D eigenvalue weighted by molar-refractivity contribution is 9.10. The molecule has 3 nitrogen and oxygen atoms in total. The molecule has 3 aromatic carbocycles. The molecule has 0 aliphatic rings. The van der Waals surface area contributed by atoms with Gasteiger partial charge in [0.1, 0.15) is 0 Å². The van der Waals surface area contributed by atoms with Crippen molar-refractivity contribution >= 4 is 42.8 Å². The van der Waals surface area contributed by atoms with Gasteiger partial charge < -0.3 is 0 Å². The van der Waals surface area contributed by atoms with Crippen molar-refractivity contribution in [3.63, 3.8) is 0 Å². The smallest absolute Gasteiger partial charge is 0.225 e. The molecule has 3 rings (SSSR count). The van der Waals surface area contributed by atoms with Gasteiger partial charge in [0, 0.05) is 21.7 Å². The van der Waals surface area contributed by atoms with Crippen molar-refractivity contribution in [2.75, 3.05) is 0 Å². The van der Waals surface area contributed by atoms with Crippen LogP contribution in [0.15, 0.2) is 70.0 Å². The van der Waals surface area contributed by atoms with Crippen LogP contribution in [0.5, 0.6) is 0 Å². The lowest BCUT2D eigenvalue weighted by atomic mass is 9.94. The Kier molecular flexibility index (Phi) is 5.16. The second-order valence-corrected chi connectivity index (χ2v) is 8.17. The number of benzene rings is 3. The first kappa shape index (κ1) is 19.6. The Balaban J connectivity index is 2.45. The van der Waals surface area contributed by atoms with Crippen LogP contribution in [0, 0.1) is 0 Å². The summed E-state index contributed by atoms with van der Waals surface area (Å²) < 4.78 is 62.9. The molecule has 0 aliphatic heterocycles. The molecule has 140 valence electrons. The standard InChI is InChI=1S/C19H13BrF3NO2S/c20-15-9-8-12-4-1-2-6-14(12)18(15)17-13(10-11-19(21,22)23)5-3-7-16(17)27(24,25)26/h1-11H,(H2,24,25,26). The van der Waals surface area contributed by atoms with Gasteiger partial charge in [-0.1, -0.05) is 58.4 Å². The van der Waals surface area contributed by atoms with E-state index in [4.69, 9.17) is 5.14 Å². The normalized spacial score (nSPS) is 12.8. The third-order valence-electron chi connectivity index (χ3n) is 3.95. The maximum atomic E-state index is 12.7. The van der Waals surface area contributed by atoms with Crippen LogP contribution in [0.3, 0.4) is 0 Å². The summed E-state index contributed by atoms with van der Waals surface area (Å²) >= 11 is 3.40. The summed E-state index contributed by atoms with van der Waals surface area (Å²) in [6, 6.07) is 14.8. The average molecular weight is 456 g/mol. The summed E-state index contributed by atoms with van der Waals surface area (Å²) in [5, 5.41) is 6.85. The molecule has 0 heterocycles. The van der Waals surface area contributed by atoms with Crippen LogP contribution in [0.1, 0.15) is 5.56 Å². The van der Waals surface area contributed by atoms with E-state index in [-0.39, 0.29) is 22.1 Å². The SMILES string of the molecule is NS(=O)(=O)c1cccc(C=CC(F)(F)F)c1-c1c(Br)ccc2ccccc12. The van der Waals surface area contributed by atoms with Crippen LogP contribution in [-0.4, -0.2) is 14.6 Å². The summed E-state index contributed by atoms with van der Waals surface area (Å²) in [4.78, 5) is -0.246. The summed E-state index contributed by atoms with van der Waals surface area (Å²) in [6.07, 6.45) is -3.62. The number of primary sulfonamides is 1. The molecular weight excluding hydrogens is 443 g/mol. The molecule has 0 spiro atoms. The van der Waals surface area contributed by atoms with E-state index in [1.165, 1.54) is 18.2 Å². The van der Waals surface area contributed by atoms with Gasteiger partial charge in [0.15, 0.2) is 0 Å². The van der Waals surface area contributed by atoms with Crippen LogP contribution in [-0.2, 0) is 10.0 Å². The highest BCUT2D eigenvalue weighted by Crippen LogP contribution is 2.41. The molecule has 0 aliphatic carbocycles. The highest BCUT2D eigenvalue weighted by Gasteiger charge is 2.24. The Morgan fingerprint density at radius 1 is 0.926 bits per heavy atom. The van der Waals surface area contributed by atoms with Crippen molar-refractivity contribution in [1.29, 1.82) is 0 Å². The van der Waals surface area contributed by atoms with Crippen LogP contribution in [0.4, 0.5) is 13.2 Å². The Bertz CT molecular complexity index is 1160. The summed E-state index contributed by atoms with van der Waals surface area (Å²) in [5.74, 6) is 0. The highest BCUT2D eigenvalue weighted by atomic mass is 79.9. The molecule has 27 heavy (non-hydrogen) atoms. The summed E-state index contributed by atoms with van der Waals surface area (Å²) in [6.45, 7) is 0. The summed E-state index contributed by atoms with van der Waals surface area (Å²) in [7, 11) is -4.18. The zero-order valence-electron chi connectivity index (χ0n) is 13.7. The number of sulfonamides is 1. The average Bonchev–Trinajstić information content (AvgIpc) is 2.58. The fourth-order valence-corrected chi connectivity index (χ4v) is 4.19. The molecular formula is C19H13BrF3NO2S. The van der Waals surface area contributed by atoms with E-state index in [2.05, 4.69) is 15.9 Å². The number of fused-ring (bicyclic) bond motifs is 1. The van der Waals surface area contributed by atoms with Gasteiger partial charge in [-0.25, -0.2) is 13.6 Å². The largest absolute Gasteiger partial charge is 0.409 e. The van der Waals surface area contributed by atoms with Crippen molar-refractivity contribution in [3.05, 3.63) is 70.7 Å². The van der Waals surface area contributed by atoms with E-state index in [1.807, 2.05) is 18.2 Å². The van der Waals surface area contributed by atoms with Gasteiger partial charge in [-0.3, -0.25) is 0 Å². The fourth-order valence-electron chi connectivity index (χ4n) is 2.87. The van der Waals surface area contributed by atoms with Gasteiger partial charge in [-0.2, -0.15) is 13.2 Å². The summed E-state index contributed by atoms with van der Waals surface area (Å²) in [5.41, 5.74) is 0.666. The molecule has 0 bridgehead atoms. The van der Waals surface area contributed by atoms with Crippen molar-refractivity contribution in [2.45, 2.75) is 11.1 Å². The first-order chi connectivity index (χ1) is 12.6. The number of nitrogens with two attached hydrogens (primary N) is 1. The predicted molar refractivity (Wildman–Crippen MR) is 104 cm³/mol. The second-order valence-electron chi connectivity index (χ2n) is 5.78. The van der Waals surface area contributed by atoms with Crippen LogP contribution >= 0.6 is 15.9 Å². The lowest BCUT2D eigenvalue weighted by molar-refractivity contribution is -0.0790. The van der Waals surface area contributed by atoms with Gasteiger partial charge in [0.2, 0.25) is 10.0 Å². The van der Waals surface area contributed by atoms with Gasteiger partial charge in [-0.05, 0) is 34.5 Å². The second kappa shape index (κ2) is 7.10. The van der Waals surface area contributed by atoms with Crippen LogP contribution in [0.25, 0.3) is 28.0 Å². The Morgan fingerprint density at radius 2 is 1.63 bits per heavy atom. The van der Waals surface area contributed by atoms with Crippen LogP contribution < -0.4 is 5.14 Å². The van der Waals surface area contributed by atoms with Gasteiger partial charge >= 0.3 is 6.18 Å². The molecule has 0 amide bonds. The Hall–Kier alpha value is -2.16. The zero-order chi connectivity index (χ0) is 19.8. The van der Waals surface area contributed by atoms with E-state index in [9.17, 15) is 21.6 Å². The fraction of sp³-hybridized carbons (Fsp3) is 0.0526. The molecule has 0 aromatic heterocycles. The molecule has 0 unspecified atom stereocenters. The number of hydrogen-bond acceptors (Lipinski definition) is 2. The minimum atomic E-state index is -4.54. The molecule has 0 atom stereocenters. The van der Waals surface area contributed by atoms with Crippen molar-refractivity contribution < 1.29 is 21.6 Å². The monoisotopic (exact) mass is 455 g/mol. The van der Waals surface area contributed by atoms with Gasteiger partial charge in [0.05, 0.1) is 4.90 Å². The minimum absolute atomic E-state index is 0.0672. The van der Waals surface area contributed by atoms with Gasteiger partial charge in [0.25, 0.3) is 0 Å². The van der Waals surface area contributed by atoms with E-state index in [0.29, 0.717) is 15.4 Å². The predicted octanol–water partition coefficient (Wildman–Crippen LogP) is 5.49. The number of allylic oxidation sites excluding steroid dienone is 1. The zero-order valence-corrected chi connectivity index (χ0v) is 16.1. The molecule has 2 N–H and O–H groups in total. The van der Waals surface area contributed by atoms with Crippen molar-refractivity contribution in [2.24, 2.45) is 5.14 Å². The number of hydrogen-bond donors (Lipinski definition) is 1. The van der Waals surface area contributed by atoms with Crippen LogP contribution in [0.2, 0.25) is 0 Å². The topological polar surface area (TPSA) is 60.2 Å². The van der Waals surface area contributed by atoms with E-state index >= 15 is 0 Å². The maximum absolute atomic E-state index is 12.7. The quantitative estimate of drug-likeness (QED) is 0.567. The minimum Gasteiger partial charge on any atom is -0.225 e. The third kappa shape index (κ3) is 4.23. The lowest BCUT2D eigenvalue weighted by Gasteiger charge is -2.16. The first-order valence-corrected chi connectivity index (χ1v) is 10.0. The molecule has 0 saturated heterocycles. The van der Waals surface area contributed by atoms with Gasteiger partial charge in [-0.15, -0.1) is 0 Å². The molecule has 3 aromatic rings. The molecule has 0 saturated carbocycles. The number of alkyl halides is 3. The van der Waals surface area contributed by atoms with E-state index in [1.54, 1.807) is 18.2 Å². The first-order valence-electron chi connectivity index (χ1n) is 7.67. The number of halogens is 4. The molecule has 0 radical (unpaired) electrons. The third-order valence-corrected chi connectivity index (χ3v) is 5.56. The Labute approximate surface area is 162 Å². The van der Waals surface area contributed by atoms with E-state index in [0.717, 1.165) is 11.5 Å². The van der Waals surface area contributed by atoms with Crippen molar-refractivity contribution in [3.8, 4) is 11.1 Å². The number of rotatable bonds is 3. The van der Waals surface area contributed by atoms with E-state index < -0.39 is 16.2 Å². The molecule has 0 fully saturated rings. The Morgan fingerprint density at radius 3 is 2.30 bits per heavy atom. The molecule has 8 heteroatoms. The lowest BCUT2D eigenvalue weighted by Crippen LogP contribution is -2.14. The van der Waals surface area contributed by atoms with Crippen molar-refractivity contribution in [1.82, 2.24) is 0 Å². The maximum Gasteiger partial charge on any atom is 0.409 e.